The van der Waals surface area contributed by atoms with Gasteiger partial charge >= 0.3 is 22.4 Å². The Morgan fingerprint density at radius 1 is 1.30 bits per heavy atom. The van der Waals surface area contributed by atoms with Gasteiger partial charge in [0, 0.05) is 7.05 Å². The summed E-state index contributed by atoms with van der Waals surface area (Å²) in [6.07, 6.45) is 0. The summed E-state index contributed by atoms with van der Waals surface area (Å²) in [5, 5.41) is 0. The van der Waals surface area contributed by atoms with Crippen molar-refractivity contribution in [1.29, 1.82) is 0 Å². The van der Waals surface area contributed by atoms with Gasteiger partial charge < -0.3 is 4.57 Å². The van der Waals surface area contributed by atoms with Crippen LogP contribution in [0.1, 0.15) is 0 Å². The molecule has 0 aliphatic rings. The first-order chi connectivity index (χ1) is 4.13. The first-order valence-electron chi connectivity index (χ1n) is 2.16. The molecular formula is C4H3AuBr3N2+3. The largest absolute Gasteiger partial charge is 3.00 e. The molecule has 0 radical (unpaired) electrons. The Morgan fingerprint density at radius 3 is 1.90 bits per heavy atom. The smallest absolute Gasteiger partial charge is 0.315 e. The summed E-state index contributed by atoms with van der Waals surface area (Å²) in [7, 11) is 1.91. The standard InChI is InChI=1S/C4H3Br3N2.Au/c1-9-3(6)2(5)8-4(9)7;/h1H3;/q;+3. The topological polar surface area (TPSA) is 17.8 Å². The van der Waals surface area contributed by atoms with E-state index in [4.69, 9.17) is 0 Å². The van der Waals surface area contributed by atoms with Crippen molar-refractivity contribution in [2.75, 3.05) is 0 Å². The quantitative estimate of drug-likeness (QED) is 0.486. The van der Waals surface area contributed by atoms with E-state index in [0.29, 0.717) is 0 Å². The molecule has 1 aromatic rings. The molecule has 0 aromatic carbocycles. The van der Waals surface area contributed by atoms with Crippen LogP contribution < -0.4 is 0 Å². The third-order valence-electron chi connectivity index (χ3n) is 0.932. The zero-order valence-corrected chi connectivity index (χ0v) is 11.8. The average molecular weight is 516 g/mol. The third-order valence-corrected chi connectivity index (χ3v) is 3.63. The first-order valence-corrected chi connectivity index (χ1v) is 4.54. The molecule has 1 aromatic heterocycles. The first kappa shape index (κ1) is 11.4. The molecule has 0 bridgehead atoms. The molecule has 58 valence electrons. The summed E-state index contributed by atoms with van der Waals surface area (Å²) in [4.78, 5) is 4.06. The van der Waals surface area contributed by atoms with Crippen LogP contribution in [-0.4, -0.2) is 9.55 Å². The minimum absolute atomic E-state index is 0. The summed E-state index contributed by atoms with van der Waals surface area (Å²) < 4.78 is 4.44. The van der Waals surface area contributed by atoms with Gasteiger partial charge in [0.1, 0.15) is 9.21 Å². The number of halogens is 3. The van der Waals surface area contributed by atoms with E-state index >= 15 is 0 Å². The molecular weight excluding hydrogens is 513 g/mol. The molecule has 1 heterocycles. The van der Waals surface area contributed by atoms with Crippen molar-refractivity contribution in [2.24, 2.45) is 7.05 Å². The molecule has 0 aliphatic heterocycles. The van der Waals surface area contributed by atoms with Gasteiger partial charge in [-0.15, -0.1) is 0 Å². The van der Waals surface area contributed by atoms with E-state index in [-0.39, 0.29) is 22.4 Å². The van der Waals surface area contributed by atoms with Crippen LogP contribution in [0.3, 0.4) is 0 Å². The SMILES string of the molecule is Cn1c(Br)nc(Br)c1Br.[Au+3]. The van der Waals surface area contributed by atoms with Gasteiger partial charge in [-0.1, -0.05) is 0 Å². The van der Waals surface area contributed by atoms with Gasteiger partial charge in [0.15, 0.2) is 4.73 Å². The van der Waals surface area contributed by atoms with Crippen LogP contribution in [0.2, 0.25) is 0 Å². The van der Waals surface area contributed by atoms with E-state index in [1.807, 2.05) is 11.6 Å². The maximum atomic E-state index is 4.06. The van der Waals surface area contributed by atoms with E-state index in [1.165, 1.54) is 0 Å². The monoisotopic (exact) mass is 513 g/mol. The average Bonchev–Trinajstić information content (AvgIpc) is 1.98. The molecule has 0 saturated carbocycles. The second kappa shape index (κ2) is 4.42. The van der Waals surface area contributed by atoms with Crippen molar-refractivity contribution < 1.29 is 22.4 Å². The van der Waals surface area contributed by atoms with Crippen molar-refractivity contribution in [3.8, 4) is 0 Å². The fourth-order valence-electron chi connectivity index (χ4n) is 0.422. The zero-order chi connectivity index (χ0) is 7.02. The van der Waals surface area contributed by atoms with Crippen LogP contribution in [0.5, 0.6) is 0 Å². The Kier molecular flexibility index (Phi) is 5.04. The van der Waals surface area contributed by atoms with E-state index in [9.17, 15) is 0 Å². The van der Waals surface area contributed by atoms with E-state index in [0.717, 1.165) is 13.9 Å². The summed E-state index contributed by atoms with van der Waals surface area (Å²) >= 11 is 9.84. The van der Waals surface area contributed by atoms with E-state index < -0.39 is 0 Å². The number of nitrogens with zero attached hydrogens (tertiary/aromatic N) is 2. The van der Waals surface area contributed by atoms with Gasteiger partial charge in [-0.3, -0.25) is 0 Å². The van der Waals surface area contributed by atoms with Crippen LogP contribution in [0, 0.1) is 0 Å². The minimum Gasteiger partial charge on any atom is -0.315 e. The molecule has 0 N–H and O–H groups in total. The normalized spacial score (nSPS) is 9.20. The molecule has 2 nitrogen and oxygen atoms in total. The molecule has 1 rings (SSSR count). The zero-order valence-electron chi connectivity index (χ0n) is 4.83. The third kappa shape index (κ3) is 2.19. The number of aromatic nitrogens is 2. The predicted molar refractivity (Wildman–Crippen MR) is 46.3 cm³/mol. The Labute approximate surface area is 99.7 Å². The Morgan fingerprint density at radius 2 is 1.80 bits per heavy atom. The molecule has 0 amide bonds. The second-order valence-corrected chi connectivity index (χ2v) is 3.73. The number of rotatable bonds is 0. The van der Waals surface area contributed by atoms with Crippen molar-refractivity contribution in [3.05, 3.63) is 13.9 Å². The Hall–Kier alpha value is 1.39. The van der Waals surface area contributed by atoms with Crippen LogP contribution >= 0.6 is 47.8 Å². The number of hydrogen-bond acceptors (Lipinski definition) is 1. The molecule has 6 heteroatoms. The Bertz CT molecular complexity index is 212. The van der Waals surface area contributed by atoms with Crippen LogP contribution in [0.25, 0.3) is 0 Å². The van der Waals surface area contributed by atoms with E-state index in [2.05, 4.69) is 52.8 Å². The van der Waals surface area contributed by atoms with Crippen molar-refractivity contribution in [1.82, 2.24) is 9.55 Å². The van der Waals surface area contributed by atoms with Gasteiger partial charge in [0.2, 0.25) is 0 Å². The van der Waals surface area contributed by atoms with Crippen molar-refractivity contribution in [3.63, 3.8) is 0 Å². The molecule has 10 heavy (non-hydrogen) atoms. The fourth-order valence-corrected chi connectivity index (χ4v) is 1.94. The summed E-state index contributed by atoms with van der Waals surface area (Å²) in [6.45, 7) is 0. The van der Waals surface area contributed by atoms with Gasteiger partial charge in [-0.2, -0.15) is 0 Å². The van der Waals surface area contributed by atoms with Crippen molar-refractivity contribution in [2.45, 2.75) is 0 Å². The molecule has 0 unspecified atom stereocenters. The molecule has 0 spiro atoms. The molecule has 0 aliphatic carbocycles. The van der Waals surface area contributed by atoms with Gasteiger partial charge in [0.05, 0.1) is 0 Å². The summed E-state index contributed by atoms with van der Waals surface area (Å²) in [5.74, 6) is 0. The summed E-state index contributed by atoms with van der Waals surface area (Å²) in [5.41, 5.74) is 0. The van der Waals surface area contributed by atoms with Crippen molar-refractivity contribution >= 4 is 47.8 Å². The minimum atomic E-state index is 0. The number of imidazole rings is 1. The van der Waals surface area contributed by atoms with E-state index in [1.54, 1.807) is 0 Å². The maximum Gasteiger partial charge on any atom is 3.00 e. The Balaban J connectivity index is 0.000000810. The predicted octanol–water partition coefficient (Wildman–Crippen LogP) is 2.71. The molecule has 0 saturated heterocycles. The number of hydrogen-bond donors (Lipinski definition) is 0. The fraction of sp³-hybridized carbons (Fsp3) is 0.250. The molecule has 0 fully saturated rings. The van der Waals surface area contributed by atoms with Crippen LogP contribution in [0.4, 0.5) is 0 Å². The van der Waals surface area contributed by atoms with Crippen LogP contribution in [0.15, 0.2) is 13.9 Å². The maximum absolute atomic E-state index is 4.06. The summed E-state index contributed by atoms with van der Waals surface area (Å²) in [6, 6.07) is 0. The molecule has 0 atom stereocenters. The van der Waals surface area contributed by atoms with Gasteiger partial charge in [0.25, 0.3) is 0 Å². The van der Waals surface area contributed by atoms with Crippen LogP contribution in [-0.2, 0) is 29.4 Å². The van der Waals surface area contributed by atoms with Gasteiger partial charge in [-0.05, 0) is 47.8 Å². The van der Waals surface area contributed by atoms with Gasteiger partial charge in [-0.25, -0.2) is 4.98 Å². The second-order valence-electron chi connectivity index (χ2n) is 1.52.